The first kappa shape index (κ1) is 6.50. The van der Waals surface area contributed by atoms with Crippen LogP contribution < -0.4 is 0 Å². The average molecular weight is 130 g/mol. The third-order valence-corrected chi connectivity index (χ3v) is 0.423. The normalized spacial score (nSPS) is 12.0. The molecule has 0 aromatic rings. The van der Waals surface area contributed by atoms with Crippen LogP contribution in [0.15, 0.2) is 0 Å². The molecule has 0 spiro atoms. The molecule has 0 fully saturated rings. The molecule has 0 atom stereocenters. The highest BCUT2D eigenvalue weighted by molar-refractivity contribution is 6.46. The Balaban J connectivity index is 3.17. The molecule has 0 amide bonds. The van der Waals surface area contributed by atoms with Crippen molar-refractivity contribution in [2.75, 3.05) is 6.61 Å². The molecule has 0 aliphatic carbocycles. The lowest BCUT2D eigenvalue weighted by Gasteiger charge is -1.99. The van der Waals surface area contributed by atoms with Crippen LogP contribution in [0.5, 0.6) is 0 Å². The summed E-state index contributed by atoms with van der Waals surface area (Å²) >= 11 is 9.35. The van der Waals surface area contributed by atoms with E-state index in [-0.39, 0.29) is 0 Å². The number of alkyl halides is 2. The van der Waals surface area contributed by atoms with Crippen LogP contribution in [0, 0.1) is 0 Å². The van der Waals surface area contributed by atoms with Gasteiger partial charge in [-0.3, -0.25) is 0 Å². The Bertz CT molecular complexity index is 39.3. The molecular weight excluding hydrogens is 127 g/mol. The number of hydrogen-bond acceptors (Lipinski definition) is 1. The van der Waals surface area contributed by atoms with E-state index in [9.17, 15) is 5.11 Å². The van der Waals surface area contributed by atoms with Crippen LogP contribution in [0.25, 0.3) is 0 Å². The monoisotopic (exact) mass is 129 g/mol. The molecular formula is C2H3Cl2O2. The van der Waals surface area contributed by atoms with Gasteiger partial charge >= 0.3 is 0 Å². The van der Waals surface area contributed by atoms with E-state index in [2.05, 4.69) is 23.2 Å². The highest BCUT2D eigenvalue weighted by atomic mass is 35.5. The summed E-state index contributed by atoms with van der Waals surface area (Å²) < 4.78 is -2.21. The summed E-state index contributed by atoms with van der Waals surface area (Å²) in [6.45, 7) is -0.754. The van der Waals surface area contributed by atoms with Gasteiger partial charge in [0.2, 0.25) is 0 Å². The van der Waals surface area contributed by atoms with E-state index in [1.165, 1.54) is 0 Å². The van der Waals surface area contributed by atoms with Gasteiger partial charge in [-0.15, -0.1) is 0 Å². The molecule has 0 aliphatic heterocycles. The largest absolute Gasteiger partial charge is 0.391 e. The van der Waals surface area contributed by atoms with Crippen molar-refractivity contribution in [1.29, 1.82) is 0 Å². The molecule has 37 valence electrons. The number of halogens is 2. The molecule has 6 heavy (non-hydrogen) atoms. The van der Waals surface area contributed by atoms with Gasteiger partial charge in [-0.25, -0.2) is 0 Å². The van der Waals surface area contributed by atoms with Crippen molar-refractivity contribution in [1.82, 2.24) is 0 Å². The van der Waals surface area contributed by atoms with Crippen LogP contribution in [0.2, 0.25) is 0 Å². The Morgan fingerprint density at radius 2 is 1.83 bits per heavy atom. The standard InChI is InChI=1S/C2H3Cl2O2/c3-2(4,6)1-5/h5H,1H2. The topological polar surface area (TPSA) is 40.1 Å². The zero-order valence-electron chi connectivity index (χ0n) is 2.82. The second-order valence-electron chi connectivity index (χ2n) is 0.795. The fourth-order valence-electron chi connectivity index (χ4n) is 0. The molecule has 0 saturated carbocycles. The van der Waals surface area contributed by atoms with E-state index >= 15 is 0 Å². The average Bonchev–Trinajstić information content (AvgIpc) is 1.35. The van der Waals surface area contributed by atoms with Crippen LogP contribution in [0.1, 0.15) is 0 Å². The van der Waals surface area contributed by atoms with Crippen LogP contribution in [0.4, 0.5) is 0 Å². The maximum absolute atomic E-state index is 9.75. The molecule has 1 radical (unpaired) electrons. The third kappa shape index (κ3) is 4.50. The smallest absolute Gasteiger partial charge is 0.273 e. The SMILES string of the molecule is [O]C(Cl)(Cl)CO. The summed E-state index contributed by atoms with van der Waals surface area (Å²) in [4.78, 5) is 0. The van der Waals surface area contributed by atoms with E-state index in [1.807, 2.05) is 0 Å². The maximum Gasteiger partial charge on any atom is 0.273 e. The Morgan fingerprint density at radius 1 is 1.67 bits per heavy atom. The lowest BCUT2D eigenvalue weighted by molar-refractivity contribution is 0.0618. The predicted octanol–water partition coefficient (Wildman–Crippen LogP) is 0.541. The summed E-state index contributed by atoms with van der Waals surface area (Å²) in [6, 6.07) is 0. The number of aliphatic hydroxyl groups excluding tert-OH is 1. The summed E-state index contributed by atoms with van der Waals surface area (Å²) in [5, 5.41) is 17.6. The zero-order chi connectivity index (χ0) is 5.21. The van der Waals surface area contributed by atoms with Gasteiger partial charge in [-0.05, 0) is 0 Å². The van der Waals surface area contributed by atoms with E-state index in [4.69, 9.17) is 5.11 Å². The van der Waals surface area contributed by atoms with Crippen molar-refractivity contribution in [2.24, 2.45) is 0 Å². The van der Waals surface area contributed by atoms with Gasteiger partial charge in [0.05, 0.1) is 0 Å². The minimum absolute atomic E-state index is 0.754. The summed E-state index contributed by atoms with van der Waals surface area (Å²) in [7, 11) is 0. The second-order valence-corrected chi connectivity index (χ2v) is 2.21. The minimum atomic E-state index is -2.21. The van der Waals surface area contributed by atoms with E-state index in [0.29, 0.717) is 0 Å². The molecule has 0 bridgehead atoms. The summed E-state index contributed by atoms with van der Waals surface area (Å²) in [5.74, 6) is 0. The molecule has 0 aromatic carbocycles. The Labute approximate surface area is 45.3 Å². The molecule has 4 heteroatoms. The quantitative estimate of drug-likeness (QED) is 0.517. The van der Waals surface area contributed by atoms with Gasteiger partial charge in [0.25, 0.3) is 4.52 Å². The lowest BCUT2D eigenvalue weighted by Crippen LogP contribution is -2.13. The second kappa shape index (κ2) is 1.98. The number of aliphatic hydroxyl groups is 1. The fraction of sp³-hybridized carbons (Fsp3) is 1.00. The Kier molecular flexibility index (Phi) is 2.15. The minimum Gasteiger partial charge on any atom is -0.391 e. The van der Waals surface area contributed by atoms with Crippen molar-refractivity contribution < 1.29 is 10.2 Å². The Hall–Kier alpha value is 0.500. The Morgan fingerprint density at radius 3 is 1.83 bits per heavy atom. The first-order valence-electron chi connectivity index (χ1n) is 1.25. The van der Waals surface area contributed by atoms with E-state index < -0.39 is 11.1 Å². The third-order valence-electron chi connectivity index (χ3n) is 0.184. The maximum atomic E-state index is 9.75. The van der Waals surface area contributed by atoms with Gasteiger partial charge < -0.3 is 5.11 Å². The molecule has 0 saturated heterocycles. The molecule has 2 nitrogen and oxygen atoms in total. The van der Waals surface area contributed by atoms with Crippen LogP contribution in [-0.4, -0.2) is 16.2 Å². The summed E-state index contributed by atoms with van der Waals surface area (Å²) in [6.07, 6.45) is 0. The molecule has 0 rings (SSSR count). The van der Waals surface area contributed by atoms with Crippen molar-refractivity contribution in [3.8, 4) is 0 Å². The van der Waals surface area contributed by atoms with Crippen LogP contribution >= 0.6 is 23.2 Å². The highest BCUT2D eigenvalue weighted by Gasteiger charge is 2.18. The number of hydrogen-bond donors (Lipinski definition) is 1. The summed E-state index contributed by atoms with van der Waals surface area (Å²) in [5.41, 5.74) is 0. The zero-order valence-corrected chi connectivity index (χ0v) is 4.33. The van der Waals surface area contributed by atoms with E-state index in [1.54, 1.807) is 0 Å². The predicted molar refractivity (Wildman–Crippen MR) is 22.2 cm³/mol. The van der Waals surface area contributed by atoms with E-state index in [0.717, 1.165) is 0 Å². The van der Waals surface area contributed by atoms with Gasteiger partial charge in [-0.2, -0.15) is 5.11 Å². The van der Waals surface area contributed by atoms with Gasteiger partial charge in [-0.1, -0.05) is 23.2 Å². The fourth-order valence-corrected chi connectivity index (χ4v) is 0. The highest BCUT2D eigenvalue weighted by Crippen LogP contribution is 2.14. The van der Waals surface area contributed by atoms with Gasteiger partial charge in [0.1, 0.15) is 6.61 Å². The first-order valence-corrected chi connectivity index (χ1v) is 2.01. The molecule has 0 aromatic heterocycles. The molecule has 1 N–H and O–H groups in total. The first-order chi connectivity index (χ1) is 2.56. The molecule has 0 unspecified atom stereocenters. The van der Waals surface area contributed by atoms with Crippen LogP contribution in [-0.2, 0) is 5.11 Å². The van der Waals surface area contributed by atoms with Crippen molar-refractivity contribution >= 4 is 23.2 Å². The van der Waals surface area contributed by atoms with Crippen molar-refractivity contribution in [3.05, 3.63) is 0 Å². The van der Waals surface area contributed by atoms with Crippen LogP contribution in [0.3, 0.4) is 0 Å². The molecule has 0 heterocycles. The molecule has 0 aliphatic rings. The van der Waals surface area contributed by atoms with Gasteiger partial charge in [0, 0.05) is 0 Å². The lowest BCUT2D eigenvalue weighted by atomic mass is 10.8. The van der Waals surface area contributed by atoms with Gasteiger partial charge in [0.15, 0.2) is 0 Å². The number of rotatable bonds is 1. The van der Waals surface area contributed by atoms with Crippen molar-refractivity contribution in [2.45, 2.75) is 4.52 Å². The van der Waals surface area contributed by atoms with Crippen molar-refractivity contribution in [3.63, 3.8) is 0 Å².